The first-order chi connectivity index (χ1) is 12.3. The Hall–Kier alpha value is -1.23. The molecule has 0 radical (unpaired) electrons. The fourth-order valence-corrected chi connectivity index (χ4v) is 3.71. The summed E-state index contributed by atoms with van der Waals surface area (Å²) in [6.07, 6.45) is -0.243. The minimum Gasteiger partial charge on any atom is -0.369 e. The number of carbonyl (C=O) groups excluding carboxylic acids is 1. The number of halogens is 4. The number of hydrogen-bond acceptors (Lipinski definition) is 3. The van der Waals surface area contributed by atoms with Crippen LogP contribution in [0.5, 0.6) is 0 Å². The van der Waals surface area contributed by atoms with Gasteiger partial charge in [-0.15, -0.1) is 0 Å². The molecule has 0 aromatic heterocycles. The van der Waals surface area contributed by atoms with Crippen LogP contribution in [0.15, 0.2) is 47.7 Å². The van der Waals surface area contributed by atoms with Gasteiger partial charge in [-0.05, 0) is 49.2 Å². The van der Waals surface area contributed by atoms with Crippen LogP contribution in [0.1, 0.15) is 37.2 Å². The van der Waals surface area contributed by atoms with Gasteiger partial charge in [-0.2, -0.15) is 0 Å². The molecule has 0 fully saturated rings. The highest BCUT2D eigenvalue weighted by atomic mass is 35.5. The third-order valence-corrected chi connectivity index (χ3v) is 5.80. The summed E-state index contributed by atoms with van der Waals surface area (Å²) in [5.74, 6) is -0.0221. The lowest BCUT2D eigenvalue weighted by molar-refractivity contribution is -0.114. The Morgan fingerprint density at radius 1 is 0.885 bits per heavy atom. The summed E-state index contributed by atoms with van der Waals surface area (Å²) in [7, 11) is 0. The molecule has 0 amide bonds. The number of benzene rings is 2. The second kappa shape index (κ2) is 7.79. The molecule has 0 bridgehead atoms. The van der Waals surface area contributed by atoms with Crippen LogP contribution >= 0.6 is 46.4 Å². The molecule has 136 valence electrons. The molecule has 0 aliphatic carbocycles. The lowest BCUT2D eigenvalue weighted by Crippen LogP contribution is -2.43. The summed E-state index contributed by atoms with van der Waals surface area (Å²) in [6.45, 7) is 3.43. The number of nitrogens with one attached hydrogen (secondary N) is 2. The minimum atomic E-state index is -0.331. The number of rotatable bonds is 3. The third-order valence-electron chi connectivity index (χ3n) is 4.32. The SMILES string of the molecule is CC(=O)C1=C(C)N[C@@H](c2ccc(Cl)c(Cl)c2)N[C@H]1c1ccc(Cl)c(Cl)c1. The van der Waals surface area contributed by atoms with E-state index in [9.17, 15) is 4.79 Å². The van der Waals surface area contributed by atoms with E-state index in [1.165, 1.54) is 0 Å². The van der Waals surface area contributed by atoms with Crippen molar-refractivity contribution in [3.8, 4) is 0 Å². The van der Waals surface area contributed by atoms with Gasteiger partial charge in [0.25, 0.3) is 0 Å². The molecule has 1 heterocycles. The predicted octanol–water partition coefficient (Wildman–Crippen LogP) is 6.10. The number of Topliss-reactive ketones (excluding diaryl/α,β-unsaturated/α-hetero) is 1. The van der Waals surface area contributed by atoms with Gasteiger partial charge in [0.1, 0.15) is 6.17 Å². The number of allylic oxidation sites excluding steroid dienone is 1. The van der Waals surface area contributed by atoms with Crippen molar-refractivity contribution in [2.45, 2.75) is 26.1 Å². The first-order valence-corrected chi connectivity index (χ1v) is 9.43. The lowest BCUT2D eigenvalue weighted by atomic mass is 9.91. The van der Waals surface area contributed by atoms with E-state index in [1.807, 2.05) is 19.1 Å². The van der Waals surface area contributed by atoms with Crippen LogP contribution in [-0.4, -0.2) is 5.78 Å². The zero-order valence-electron chi connectivity index (χ0n) is 14.0. The number of carbonyl (C=O) groups is 1. The largest absolute Gasteiger partial charge is 0.369 e. The van der Waals surface area contributed by atoms with Gasteiger partial charge in [0.15, 0.2) is 5.78 Å². The molecule has 0 saturated carbocycles. The first-order valence-electron chi connectivity index (χ1n) is 7.92. The minimum absolute atomic E-state index is 0.0221. The van der Waals surface area contributed by atoms with Crippen LogP contribution in [-0.2, 0) is 4.79 Å². The Balaban J connectivity index is 2.05. The monoisotopic (exact) mass is 428 g/mol. The Morgan fingerprint density at radius 3 is 1.96 bits per heavy atom. The fourth-order valence-electron chi connectivity index (χ4n) is 3.10. The van der Waals surface area contributed by atoms with E-state index < -0.39 is 0 Å². The van der Waals surface area contributed by atoms with Crippen LogP contribution < -0.4 is 10.6 Å². The van der Waals surface area contributed by atoms with Gasteiger partial charge < -0.3 is 5.32 Å². The third kappa shape index (κ3) is 3.88. The van der Waals surface area contributed by atoms with E-state index in [1.54, 1.807) is 31.2 Å². The molecule has 7 heteroatoms. The molecule has 2 aromatic carbocycles. The van der Waals surface area contributed by atoms with Crippen molar-refractivity contribution >= 4 is 52.2 Å². The van der Waals surface area contributed by atoms with E-state index in [0.29, 0.717) is 25.7 Å². The second-order valence-electron chi connectivity index (χ2n) is 6.12. The summed E-state index contributed by atoms with van der Waals surface area (Å²) >= 11 is 24.4. The van der Waals surface area contributed by atoms with Crippen molar-refractivity contribution in [1.82, 2.24) is 10.6 Å². The summed E-state index contributed by atoms with van der Waals surface area (Å²) in [5.41, 5.74) is 3.21. The van der Waals surface area contributed by atoms with E-state index in [0.717, 1.165) is 16.8 Å². The van der Waals surface area contributed by atoms with Crippen LogP contribution in [0.3, 0.4) is 0 Å². The average molecular weight is 430 g/mol. The average Bonchev–Trinajstić information content (AvgIpc) is 2.58. The number of ketones is 1. The molecule has 0 spiro atoms. The normalized spacial score (nSPS) is 20.1. The van der Waals surface area contributed by atoms with Crippen LogP contribution in [0, 0.1) is 0 Å². The maximum atomic E-state index is 12.3. The van der Waals surface area contributed by atoms with Crippen molar-refractivity contribution in [1.29, 1.82) is 0 Å². The molecule has 1 aliphatic heterocycles. The van der Waals surface area contributed by atoms with Gasteiger partial charge in [-0.1, -0.05) is 58.5 Å². The summed E-state index contributed by atoms with van der Waals surface area (Å²) in [5, 5.41) is 8.64. The van der Waals surface area contributed by atoms with Gasteiger partial charge in [-0.25, -0.2) is 0 Å². The Bertz CT molecular complexity index is 910. The molecular formula is C19H16Cl4N2O. The second-order valence-corrected chi connectivity index (χ2v) is 7.75. The van der Waals surface area contributed by atoms with E-state index in [4.69, 9.17) is 46.4 Å². The standard InChI is InChI=1S/C19H16Cl4N2O/c1-9-17(10(2)26)18(11-3-5-13(20)15(22)7-11)25-19(24-9)12-4-6-14(21)16(23)8-12/h3-8,18-19,24-25H,1-2H3/t18-,19+/m0/s1. The molecule has 3 nitrogen and oxygen atoms in total. The fraction of sp³-hybridized carbons (Fsp3) is 0.211. The van der Waals surface area contributed by atoms with Gasteiger partial charge >= 0.3 is 0 Å². The molecule has 2 aromatic rings. The van der Waals surface area contributed by atoms with Crippen molar-refractivity contribution < 1.29 is 4.79 Å². The van der Waals surface area contributed by atoms with Crippen LogP contribution in [0.2, 0.25) is 20.1 Å². The van der Waals surface area contributed by atoms with Crippen LogP contribution in [0.4, 0.5) is 0 Å². The summed E-state index contributed by atoms with van der Waals surface area (Å²) < 4.78 is 0. The van der Waals surface area contributed by atoms with Gasteiger partial charge in [-0.3, -0.25) is 10.1 Å². The first kappa shape index (κ1) is 19.5. The summed E-state index contributed by atoms with van der Waals surface area (Å²) in [4.78, 5) is 12.3. The predicted molar refractivity (Wildman–Crippen MR) is 108 cm³/mol. The van der Waals surface area contributed by atoms with E-state index >= 15 is 0 Å². The Kier molecular flexibility index (Phi) is 5.85. The van der Waals surface area contributed by atoms with E-state index in [2.05, 4.69) is 10.6 Å². The maximum Gasteiger partial charge on any atom is 0.159 e. The van der Waals surface area contributed by atoms with Gasteiger partial charge in [0.2, 0.25) is 0 Å². The van der Waals surface area contributed by atoms with Crippen molar-refractivity contribution in [2.24, 2.45) is 0 Å². The smallest absolute Gasteiger partial charge is 0.159 e. The van der Waals surface area contributed by atoms with Crippen LogP contribution in [0.25, 0.3) is 0 Å². The lowest BCUT2D eigenvalue weighted by Gasteiger charge is -2.35. The molecular weight excluding hydrogens is 414 g/mol. The summed E-state index contributed by atoms with van der Waals surface area (Å²) in [6, 6.07) is 10.5. The molecule has 2 atom stereocenters. The number of hydrogen-bond donors (Lipinski definition) is 2. The van der Waals surface area contributed by atoms with Crippen molar-refractivity contribution in [2.75, 3.05) is 0 Å². The van der Waals surface area contributed by atoms with E-state index in [-0.39, 0.29) is 18.0 Å². The topological polar surface area (TPSA) is 41.1 Å². The Morgan fingerprint density at radius 2 is 1.42 bits per heavy atom. The quantitative estimate of drug-likeness (QED) is 0.619. The molecule has 0 unspecified atom stereocenters. The molecule has 26 heavy (non-hydrogen) atoms. The van der Waals surface area contributed by atoms with Crippen molar-refractivity contribution in [3.05, 3.63) is 78.9 Å². The molecule has 0 saturated heterocycles. The maximum absolute atomic E-state index is 12.3. The zero-order chi connectivity index (χ0) is 19.0. The molecule has 3 rings (SSSR count). The van der Waals surface area contributed by atoms with Crippen molar-refractivity contribution in [3.63, 3.8) is 0 Å². The molecule has 2 N–H and O–H groups in total. The highest BCUT2D eigenvalue weighted by Crippen LogP contribution is 2.35. The van der Waals surface area contributed by atoms with Gasteiger partial charge in [0, 0.05) is 11.3 Å². The highest BCUT2D eigenvalue weighted by Gasteiger charge is 2.31. The zero-order valence-corrected chi connectivity index (χ0v) is 17.1. The highest BCUT2D eigenvalue weighted by molar-refractivity contribution is 6.42. The van der Waals surface area contributed by atoms with Gasteiger partial charge in [0.05, 0.1) is 26.1 Å². The molecule has 1 aliphatic rings. The Labute approximate surface area is 172 Å².